The largest absolute Gasteiger partial charge is 0.467 e. The van der Waals surface area contributed by atoms with Crippen LogP contribution in [0.1, 0.15) is 33.7 Å². The summed E-state index contributed by atoms with van der Waals surface area (Å²) in [6, 6.07) is 12.6. The van der Waals surface area contributed by atoms with Gasteiger partial charge < -0.3 is 9.32 Å². The first-order valence-corrected chi connectivity index (χ1v) is 11.6. The van der Waals surface area contributed by atoms with Gasteiger partial charge >= 0.3 is 0 Å². The lowest BCUT2D eigenvalue weighted by Crippen LogP contribution is -2.35. The first-order valence-electron chi connectivity index (χ1n) is 9.73. The average molecular weight is 426 g/mol. The van der Waals surface area contributed by atoms with Gasteiger partial charge in [-0.1, -0.05) is 6.07 Å². The van der Waals surface area contributed by atoms with Crippen molar-refractivity contribution in [3.8, 4) is 0 Å². The molecule has 0 N–H and O–H groups in total. The molecule has 2 aromatic heterocycles. The van der Waals surface area contributed by atoms with E-state index in [9.17, 15) is 13.2 Å². The molecule has 156 valence electrons. The number of rotatable bonds is 6. The average Bonchev–Trinajstić information content (AvgIpc) is 3.25. The Morgan fingerprint density at radius 3 is 2.77 bits per heavy atom. The smallest absolute Gasteiger partial charge is 0.254 e. The van der Waals surface area contributed by atoms with E-state index in [1.54, 1.807) is 41.8 Å². The zero-order valence-corrected chi connectivity index (χ0v) is 17.5. The number of sulfonamides is 1. The van der Waals surface area contributed by atoms with Crippen LogP contribution in [0.25, 0.3) is 0 Å². The van der Waals surface area contributed by atoms with Crippen LogP contribution in [0.15, 0.2) is 65.5 Å². The molecule has 0 saturated heterocycles. The van der Waals surface area contributed by atoms with Gasteiger partial charge in [0.15, 0.2) is 0 Å². The van der Waals surface area contributed by atoms with Crippen LogP contribution in [-0.2, 0) is 29.5 Å². The van der Waals surface area contributed by atoms with Crippen molar-refractivity contribution < 1.29 is 17.6 Å². The first kappa shape index (κ1) is 20.2. The fourth-order valence-electron chi connectivity index (χ4n) is 3.72. The number of anilines is 1. The van der Waals surface area contributed by atoms with Gasteiger partial charge in [-0.25, -0.2) is 8.42 Å². The Hall–Kier alpha value is -3.13. The third-order valence-corrected chi connectivity index (χ3v) is 6.29. The lowest BCUT2D eigenvalue weighted by atomic mass is 10.00. The number of nitrogens with zero attached hydrogens (tertiary/aromatic N) is 3. The van der Waals surface area contributed by atoms with E-state index in [0.29, 0.717) is 36.6 Å². The fourth-order valence-corrected chi connectivity index (χ4v) is 4.72. The SMILES string of the molecule is CS(=O)(=O)N1CCCc2cc(C(=O)N(Cc3cccnc3)Cc3ccco3)ccc21. The summed E-state index contributed by atoms with van der Waals surface area (Å²) in [7, 11) is -3.35. The number of pyridine rings is 1. The highest BCUT2D eigenvalue weighted by Crippen LogP contribution is 2.30. The second-order valence-corrected chi connectivity index (χ2v) is 9.29. The van der Waals surface area contributed by atoms with E-state index in [-0.39, 0.29) is 5.91 Å². The lowest BCUT2D eigenvalue weighted by Gasteiger charge is -2.30. The molecule has 3 aromatic rings. The molecule has 1 amide bonds. The quantitative estimate of drug-likeness (QED) is 0.605. The van der Waals surface area contributed by atoms with Gasteiger partial charge in [-0.15, -0.1) is 0 Å². The highest BCUT2D eigenvalue weighted by molar-refractivity contribution is 7.92. The Bertz CT molecular complexity index is 1130. The Balaban J connectivity index is 1.64. The summed E-state index contributed by atoms with van der Waals surface area (Å²) in [5.41, 5.74) is 2.97. The van der Waals surface area contributed by atoms with Crippen molar-refractivity contribution in [3.63, 3.8) is 0 Å². The Morgan fingerprint density at radius 1 is 1.20 bits per heavy atom. The monoisotopic (exact) mass is 425 g/mol. The molecule has 0 unspecified atom stereocenters. The summed E-state index contributed by atoms with van der Waals surface area (Å²) >= 11 is 0. The van der Waals surface area contributed by atoms with E-state index < -0.39 is 10.0 Å². The zero-order valence-electron chi connectivity index (χ0n) is 16.7. The van der Waals surface area contributed by atoms with Crippen LogP contribution in [0, 0.1) is 0 Å². The standard InChI is InChI=1S/C22H23N3O4S/c1-30(27,28)25-11-3-6-18-13-19(8-9-21(18)25)22(26)24(16-20-7-4-12-29-20)15-17-5-2-10-23-14-17/h2,4-5,7-10,12-14H,3,6,11,15-16H2,1H3. The molecule has 1 aliphatic rings. The molecule has 7 nitrogen and oxygen atoms in total. The second kappa shape index (κ2) is 8.31. The topological polar surface area (TPSA) is 83.7 Å². The van der Waals surface area contributed by atoms with Crippen molar-refractivity contribution in [1.82, 2.24) is 9.88 Å². The first-order chi connectivity index (χ1) is 14.4. The molecular formula is C22H23N3O4S. The molecule has 0 aliphatic carbocycles. The van der Waals surface area contributed by atoms with Gasteiger partial charge in [-0.3, -0.25) is 14.1 Å². The summed E-state index contributed by atoms with van der Waals surface area (Å²) in [4.78, 5) is 19.2. The van der Waals surface area contributed by atoms with E-state index in [1.165, 1.54) is 10.6 Å². The lowest BCUT2D eigenvalue weighted by molar-refractivity contribution is 0.0717. The highest BCUT2D eigenvalue weighted by atomic mass is 32.2. The van der Waals surface area contributed by atoms with Crippen LogP contribution >= 0.6 is 0 Å². The number of carbonyl (C=O) groups is 1. The van der Waals surface area contributed by atoms with Gasteiger partial charge in [0.1, 0.15) is 5.76 Å². The molecule has 1 aromatic carbocycles. The van der Waals surface area contributed by atoms with E-state index in [4.69, 9.17) is 4.42 Å². The number of furan rings is 1. The number of hydrogen-bond donors (Lipinski definition) is 0. The molecule has 1 aliphatic heterocycles. The van der Waals surface area contributed by atoms with Crippen LogP contribution in [0.2, 0.25) is 0 Å². The van der Waals surface area contributed by atoms with Crippen LogP contribution in [0.5, 0.6) is 0 Å². The molecule has 0 atom stereocenters. The molecule has 0 saturated carbocycles. The summed E-state index contributed by atoms with van der Waals surface area (Å²) < 4.78 is 31.0. The third kappa shape index (κ3) is 4.38. The summed E-state index contributed by atoms with van der Waals surface area (Å²) in [5, 5.41) is 0. The van der Waals surface area contributed by atoms with Gasteiger partial charge in [-0.05, 0) is 60.4 Å². The zero-order chi connectivity index (χ0) is 21.1. The van der Waals surface area contributed by atoms with Crippen molar-refractivity contribution in [2.24, 2.45) is 0 Å². The number of carbonyl (C=O) groups excluding carboxylic acids is 1. The third-order valence-electron chi connectivity index (χ3n) is 5.11. The minimum Gasteiger partial charge on any atom is -0.467 e. The predicted octanol–water partition coefficient (Wildman–Crippen LogP) is 3.23. The Labute approximate surface area is 176 Å². The molecular weight excluding hydrogens is 402 g/mol. The fraction of sp³-hybridized carbons (Fsp3) is 0.273. The van der Waals surface area contributed by atoms with E-state index in [2.05, 4.69) is 4.98 Å². The van der Waals surface area contributed by atoms with Gasteiger partial charge in [0, 0.05) is 31.0 Å². The van der Waals surface area contributed by atoms with Crippen molar-refractivity contribution in [3.05, 3.63) is 83.6 Å². The minimum atomic E-state index is -3.35. The number of aromatic nitrogens is 1. The normalized spacial score (nSPS) is 13.7. The minimum absolute atomic E-state index is 0.144. The van der Waals surface area contributed by atoms with E-state index in [0.717, 1.165) is 24.0 Å². The van der Waals surface area contributed by atoms with E-state index >= 15 is 0 Å². The van der Waals surface area contributed by atoms with Gasteiger partial charge in [-0.2, -0.15) is 0 Å². The molecule has 8 heteroatoms. The van der Waals surface area contributed by atoms with Gasteiger partial charge in [0.25, 0.3) is 5.91 Å². The highest BCUT2D eigenvalue weighted by Gasteiger charge is 2.26. The van der Waals surface area contributed by atoms with E-state index in [1.807, 2.05) is 24.3 Å². The maximum atomic E-state index is 13.4. The van der Waals surface area contributed by atoms with Gasteiger partial charge in [0.05, 0.1) is 24.8 Å². The van der Waals surface area contributed by atoms with Crippen LogP contribution in [-0.4, -0.2) is 37.0 Å². The number of aryl methyl sites for hydroxylation is 1. The van der Waals surface area contributed by atoms with Crippen molar-refractivity contribution >= 4 is 21.6 Å². The number of amides is 1. The van der Waals surface area contributed by atoms with Crippen LogP contribution in [0.3, 0.4) is 0 Å². The molecule has 4 rings (SSSR count). The van der Waals surface area contributed by atoms with Crippen LogP contribution in [0.4, 0.5) is 5.69 Å². The maximum absolute atomic E-state index is 13.4. The Kier molecular flexibility index (Phi) is 5.59. The number of hydrogen-bond acceptors (Lipinski definition) is 5. The number of fused-ring (bicyclic) bond motifs is 1. The maximum Gasteiger partial charge on any atom is 0.254 e. The molecule has 0 spiro atoms. The summed E-state index contributed by atoms with van der Waals surface area (Å²) in [6.07, 6.45) is 7.69. The van der Waals surface area contributed by atoms with Crippen LogP contribution < -0.4 is 4.31 Å². The molecule has 3 heterocycles. The number of benzene rings is 1. The summed E-state index contributed by atoms with van der Waals surface area (Å²) in [6.45, 7) is 1.18. The van der Waals surface area contributed by atoms with Crippen molar-refractivity contribution in [2.45, 2.75) is 25.9 Å². The van der Waals surface area contributed by atoms with Crippen molar-refractivity contribution in [2.75, 3.05) is 17.1 Å². The van der Waals surface area contributed by atoms with Crippen molar-refractivity contribution in [1.29, 1.82) is 0 Å². The molecule has 0 radical (unpaired) electrons. The Morgan fingerprint density at radius 2 is 2.07 bits per heavy atom. The molecule has 0 fully saturated rings. The summed E-state index contributed by atoms with van der Waals surface area (Å²) in [5.74, 6) is 0.544. The predicted molar refractivity (Wildman–Crippen MR) is 113 cm³/mol. The molecule has 0 bridgehead atoms. The van der Waals surface area contributed by atoms with Gasteiger partial charge in [0.2, 0.25) is 10.0 Å². The second-order valence-electron chi connectivity index (χ2n) is 7.38. The molecule has 30 heavy (non-hydrogen) atoms.